The van der Waals surface area contributed by atoms with Gasteiger partial charge in [-0.1, -0.05) is 0 Å². The van der Waals surface area contributed by atoms with Gasteiger partial charge in [0, 0.05) is 0 Å². The van der Waals surface area contributed by atoms with E-state index in [1.54, 1.807) is 19.3 Å². The lowest BCUT2D eigenvalue weighted by Crippen LogP contribution is -2.49. The molecule has 82 valence electrons. The van der Waals surface area contributed by atoms with E-state index in [1.807, 2.05) is 0 Å². The second-order valence-electron chi connectivity index (χ2n) is 7.39. The zero-order chi connectivity index (χ0) is 9.78. The molecule has 6 saturated carbocycles. The molecule has 0 heterocycles. The van der Waals surface area contributed by atoms with Crippen molar-refractivity contribution in [3.05, 3.63) is 0 Å². The molecule has 1 heteroatoms. The fourth-order valence-electron chi connectivity index (χ4n) is 7.35. The molecular formula is C14H21N. The van der Waals surface area contributed by atoms with Crippen molar-refractivity contribution in [1.82, 2.24) is 0 Å². The Morgan fingerprint density at radius 1 is 0.867 bits per heavy atom. The maximum Gasteiger partial charge on any atom is -0.00175 e. The molecule has 4 unspecified atom stereocenters. The van der Waals surface area contributed by atoms with Crippen molar-refractivity contribution in [2.75, 3.05) is 6.54 Å². The normalized spacial score (nSPS) is 72.2. The highest BCUT2D eigenvalue weighted by Gasteiger charge is 2.72. The van der Waals surface area contributed by atoms with Crippen LogP contribution in [-0.2, 0) is 0 Å². The average molecular weight is 203 g/mol. The van der Waals surface area contributed by atoms with Crippen LogP contribution in [0.15, 0.2) is 0 Å². The minimum atomic E-state index is 0.649. The summed E-state index contributed by atoms with van der Waals surface area (Å²) in [5, 5.41) is 0. The minimum absolute atomic E-state index is 0.649. The second kappa shape index (κ2) is 2.16. The third-order valence-electron chi connectivity index (χ3n) is 7.34. The fourth-order valence-corrected chi connectivity index (χ4v) is 7.35. The summed E-state index contributed by atoms with van der Waals surface area (Å²) in [5.74, 6) is 7.91. The van der Waals surface area contributed by atoms with Crippen LogP contribution >= 0.6 is 0 Å². The smallest absolute Gasteiger partial charge is 0.00175 e. The molecule has 0 radical (unpaired) electrons. The highest BCUT2D eigenvalue weighted by molar-refractivity contribution is 5.21. The Morgan fingerprint density at radius 3 is 2.07 bits per heavy atom. The molecule has 0 aliphatic heterocycles. The molecule has 7 bridgehead atoms. The predicted molar refractivity (Wildman–Crippen MR) is 59.0 cm³/mol. The first-order valence-corrected chi connectivity index (χ1v) is 7.02. The molecule has 0 aromatic heterocycles. The van der Waals surface area contributed by atoms with Crippen LogP contribution in [-0.4, -0.2) is 6.54 Å². The van der Waals surface area contributed by atoms with Crippen LogP contribution in [0.2, 0.25) is 0 Å². The molecule has 6 aliphatic carbocycles. The molecule has 0 aromatic rings. The summed E-state index contributed by atoms with van der Waals surface area (Å²) < 4.78 is 0. The van der Waals surface area contributed by atoms with Gasteiger partial charge in [-0.05, 0) is 85.5 Å². The van der Waals surface area contributed by atoms with Gasteiger partial charge in [-0.25, -0.2) is 0 Å². The van der Waals surface area contributed by atoms with Crippen molar-refractivity contribution >= 4 is 0 Å². The van der Waals surface area contributed by atoms with Crippen molar-refractivity contribution in [2.45, 2.75) is 32.1 Å². The van der Waals surface area contributed by atoms with Gasteiger partial charge in [0.25, 0.3) is 0 Å². The Labute approximate surface area is 91.8 Å². The topological polar surface area (TPSA) is 26.0 Å². The molecule has 0 saturated heterocycles. The number of hydrogen-bond donors (Lipinski definition) is 1. The Kier molecular flexibility index (Phi) is 1.17. The maximum atomic E-state index is 6.15. The van der Waals surface area contributed by atoms with Crippen molar-refractivity contribution < 1.29 is 0 Å². The zero-order valence-corrected chi connectivity index (χ0v) is 9.36. The van der Waals surface area contributed by atoms with E-state index in [2.05, 4.69) is 0 Å². The summed E-state index contributed by atoms with van der Waals surface area (Å²) in [6.07, 6.45) is 7.86. The molecule has 2 N–H and O–H groups in total. The summed E-state index contributed by atoms with van der Waals surface area (Å²) >= 11 is 0. The van der Waals surface area contributed by atoms with E-state index < -0.39 is 0 Å². The Bertz CT molecular complexity index is 312. The van der Waals surface area contributed by atoms with E-state index >= 15 is 0 Å². The molecule has 6 fully saturated rings. The van der Waals surface area contributed by atoms with E-state index in [1.165, 1.54) is 12.8 Å². The van der Waals surface area contributed by atoms with Gasteiger partial charge < -0.3 is 5.73 Å². The van der Waals surface area contributed by atoms with E-state index in [-0.39, 0.29) is 0 Å². The van der Waals surface area contributed by atoms with E-state index in [4.69, 9.17) is 5.73 Å². The van der Waals surface area contributed by atoms with Gasteiger partial charge in [-0.15, -0.1) is 0 Å². The molecule has 0 amide bonds. The maximum absolute atomic E-state index is 6.15. The van der Waals surface area contributed by atoms with Gasteiger partial charge in [0.1, 0.15) is 0 Å². The van der Waals surface area contributed by atoms with Crippen molar-refractivity contribution in [3.8, 4) is 0 Å². The molecule has 0 spiro atoms. The first-order valence-electron chi connectivity index (χ1n) is 7.02. The lowest BCUT2D eigenvalue weighted by Gasteiger charge is -2.56. The van der Waals surface area contributed by atoms with Crippen LogP contribution in [0.3, 0.4) is 0 Å². The number of nitrogens with two attached hydrogens (primary N) is 1. The summed E-state index contributed by atoms with van der Waals surface area (Å²) in [5.41, 5.74) is 6.80. The van der Waals surface area contributed by atoms with Crippen LogP contribution < -0.4 is 5.73 Å². The fraction of sp³-hybridized carbons (Fsp3) is 1.00. The first kappa shape index (κ1) is 8.11. The van der Waals surface area contributed by atoms with Crippen LogP contribution in [0.4, 0.5) is 0 Å². The van der Waals surface area contributed by atoms with Crippen molar-refractivity contribution in [3.63, 3.8) is 0 Å². The van der Waals surface area contributed by atoms with E-state index in [0.29, 0.717) is 5.41 Å². The first-order chi connectivity index (χ1) is 7.32. The molecule has 4 atom stereocenters. The third-order valence-corrected chi connectivity index (χ3v) is 7.34. The monoisotopic (exact) mass is 203 g/mol. The molecule has 6 rings (SSSR count). The molecule has 1 nitrogen and oxygen atoms in total. The Balaban J connectivity index is 1.72. The van der Waals surface area contributed by atoms with Gasteiger partial charge >= 0.3 is 0 Å². The lowest BCUT2D eigenvalue weighted by atomic mass is 9.49. The third kappa shape index (κ3) is 0.661. The van der Waals surface area contributed by atoms with E-state index in [0.717, 1.165) is 48.0 Å². The van der Waals surface area contributed by atoms with Crippen molar-refractivity contribution in [1.29, 1.82) is 0 Å². The van der Waals surface area contributed by atoms with Crippen LogP contribution in [0, 0.1) is 46.8 Å². The summed E-state index contributed by atoms with van der Waals surface area (Å²) in [6, 6.07) is 0. The van der Waals surface area contributed by atoms with Gasteiger partial charge in [-0.2, -0.15) is 0 Å². The van der Waals surface area contributed by atoms with Gasteiger partial charge in [0.2, 0.25) is 0 Å². The van der Waals surface area contributed by atoms with E-state index in [9.17, 15) is 0 Å². The van der Waals surface area contributed by atoms with Gasteiger partial charge in [-0.3, -0.25) is 0 Å². The quantitative estimate of drug-likeness (QED) is 0.695. The minimum Gasteiger partial charge on any atom is -0.330 e. The largest absolute Gasteiger partial charge is 0.330 e. The molecule has 0 aromatic carbocycles. The molecule has 6 aliphatic rings. The standard InChI is InChI=1S/C14H21N/c15-6-14-4-11-8-1-7-2-9(11)13(14)10(3-7)12(8)5-14/h7-13H,1-6,15H2. The van der Waals surface area contributed by atoms with Crippen LogP contribution in [0.5, 0.6) is 0 Å². The highest BCUT2D eigenvalue weighted by Crippen LogP contribution is 2.78. The van der Waals surface area contributed by atoms with Gasteiger partial charge in [0.05, 0.1) is 0 Å². The highest BCUT2D eigenvalue weighted by atomic mass is 14.8. The lowest BCUT2D eigenvalue weighted by molar-refractivity contribution is -0.0766. The molecular weight excluding hydrogens is 182 g/mol. The van der Waals surface area contributed by atoms with Crippen LogP contribution in [0.1, 0.15) is 32.1 Å². The van der Waals surface area contributed by atoms with Crippen LogP contribution in [0.25, 0.3) is 0 Å². The average Bonchev–Trinajstić information content (AvgIpc) is 2.73. The molecule has 15 heavy (non-hydrogen) atoms. The summed E-state index contributed by atoms with van der Waals surface area (Å²) in [6.45, 7) is 1.01. The van der Waals surface area contributed by atoms with Gasteiger partial charge in [0.15, 0.2) is 0 Å². The number of rotatable bonds is 1. The van der Waals surface area contributed by atoms with Crippen molar-refractivity contribution in [2.24, 2.45) is 52.6 Å². The zero-order valence-electron chi connectivity index (χ0n) is 9.36. The summed E-state index contributed by atoms with van der Waals surface area (Å²) in [7, 11) is 0. The SMILES string of the molecule is NCC12CC3C4CC5CC3C1C(C5)C4C2. The summed E-state index contributed by atoms with van der Waals surface area (Å²) in [4.78, 5) is 0. The predicted octanol–water partition coefficient (Wildman–Crippen LogP) is 2.26. The second-order valence-corrected chi connectivity index (χ2v) is 7.39. The Morgan fingerprint density at radius 2 is 1.47 bits per heavy atom. The Hall–Kier alpha value is -0.0400. The number of hydrogen-bond acceptors (Lipinski definition) is 1.